The smallest absolute Gasteiger partial charge is 0.235 e. The van der Waals surface area contributed by atoms with Crippen molar-refractivity contribution >= 4 is 17.3 Å². The van der Waals surface area contributed by atoms with Crippen molar-refractivity contribution in [3.05, 3.63) is 29.8 Å². The molecule has 0 bridgehead atoms. The predicted molar refractivity (Wildman–Crippen MR) is 53.0 cm³/mol. The number of imidazole rings is 1. The summed E-state index contributed by atoms with van der Waals surface area (Å²) >= 11 is 0. The summed E-state index contributed by atoms with van der Waals surface area (Å²) in [7, 11) is 0. The van der Waals surface area contributed by atoms with Crippen LogP contribution in [0.25, 0.3) is 5.78 Å². The zero-order chi connectivity index (χ0) is 11.0. The molecule has 5 heteroatoms. The first kappa shape index (κ1) is 9.51. The maximum Gasteiger partial charge on any atom is 0.235 e. The van der Waals surface area contributed by atoms with Gasteiger partial charge in [-0.2, -0.15) is 0 Å². The van der Waals surface area contributed by atoms with Crippen LogP contribution in [-0.2, 0) is 0 Å². The van der Waals surface area contributed by atoms with Gasteiger partial charge in [0, 0.05) is 26.2 Å². The largest absolute Gasteiger partial charge is 0.293 e. The molecule has 0 aromatic carbocycles. The number of fused-ring (bicyclic) bond motifs is 1. The molecular weight excluding hydrogens is 194 g/mol. The van der Waals surface area contributed by atoms with Gasteiger partial charge >= 0.3 is 0 Å². The summed E-state index contributed by atoms with van der Waals surface area (Å²) in [6.07, 6.45) is 3.23. The van der Waals surface area contributed by atoms with E-state index < -0.39 is 0 Å². The van der Waals surface area contributed by atoms with Gasteiger partial charge in [-0.25, -0.2) is 9.97 Å². The molecule has 0 N–H and O–H groups in total. The van der Waals surface area contributed by atoms with Crippen LogP contribution in [0.2, 0.25) is 0 Å². The molecule has 2 rings (SSSR count). The molecule has 0 saturated heterocycles. The standard InChI is InChI=1S/C10H9N3O2/c1-6(14)8-9(7(2)15)13-5-3-4-11-10(13)12-8/h3-5H,1-2H3. The van der Waals surface area contributed by atoms with Gasteiger partial charge in [0.05, 0.1) is 0 Å². The Balaban J connectivity index is 2.86. The highest BCUT2D eigenvalue weighted by atomic mass is 16.1. The predicted octanol–water partition coefficient (Wildman–Crippen LogP) is 1.13. The number of hydrogen-bond acceptors (Lipinski definition) is 4. The third-order valence-electron chi connectivity index (χ3n) is 2.07. The first-order valence-electron chi connectivity index (χ1n) is 4.46. The lowest BCUT2D eigenvalue weighted by Crippen LogP contribution is -2.05. The summed E-state index contributed by atoms with van der Waals surface area (Å²) < 4.78 is 1.53. The number of hydrogen-bond donors (Lipinski definition) is 0. The zero-order valence-corrected chi connectivity index (χ0v) is 8.39. The molecule has 0 spiro atoms. The summed E-state index contributed by atoms with van der Waals surface area (Å²) in [4.78, 5) is 30.7. The molecule has 0 unspecified atom stereocenters. The molecule has 2 aromatic heterocycles. The fourth-order valence-electron chi connectivity index (χ4n) is 1.47. The van der Waals surface area contributed by atoms with E-state index in [0.29, 0.717) is 11.5 Å². The van der Waals surface area contributed by atoms with E-state index in [2.05, 4.69) is 9.97 Å². The van der Waals surface area contributed by atoms with Crippen molar-refractivity contribution in [2.45, 2.75) is 13.8 Å². The van der Waals surface area contributed by atoms with Gasteiger partial charge in [-0.15, -0.1) is 0 Å². The van der Waals surface area contributed by atoms with Gasteiger partial charge in [0.2, 0.25) is 5.78 Å². The third kappa shape index (κ3) is 1.41. The molecule has 0 radical (unpaired) electrons. The van der Waals surface area contributed by atoms with E-state index in [1.165, 1.54) is 18.2 Å². The highest BCUT2D eigenvalue weighted by Crippen LogP contribution is 2.12. The minimum Gasteiger partial charge on any atom is -0.293 e. The third-order valence-corrected chi connectivity index (χ3v) is 2.07. The Morgan fingerprint density at radius 3 is 2.60 bits per heavy atom. The molecule has 0 fully saturated rings. The lowest BCUT2D eigenvalue weighted by atomic mass is 10.2. The normalized spacial score (nSPS) is 10.5. The number of carbonyl (C=O) groups excluding carboxylic acids is 2. The Hall–Kier alpha value is -2.04. The maximum absolute atomic E-state index is 11.4. The second kappa shape index (κ2) is 3.27. The van der Waals surface area contributed by atoms with E-state index in [4.69, 9.17) is 0 Å². The first-order chi connectivity index (χ1) is 7.11. The number of carbonyl (C=O) groups is 2. The van der Waals surface area contributed by atoms with Gasteiger partial charge in [0.1, 0.15) is 11.4 Å². The highest BCUT2D eigenvalue weighted by molar-refractivity contribution is 6.05. The fraction of sp³-hybridized carbons (Fsp3) is 0.200. The van der Waals surface area contributed by atoms with Gasteiger partial charge in [-0.05, 0) is 6.07 Å². The second-order valence-corrected chi connectivity index (χ2v) is 3.21. The van der Waals surface area contributed by atoms with Gasteiger partial charge in [-0.3, -0.25) is 14.0 Å². The fourth-order valence-corrected chi connectivity index (χ4v) is 1.47. The number of Topliss-reactive ketones (excluding diaryl/α,β-unsaturated/α-hetero) is 2. The first-order valence-corrected chi connectivity index (χ1v) is 4.46. The Labute approximate surface area is 85.8 Å². The molecule has 0 aliphatic rings. The molecule has 15 heavy (non-hydrogen) atoms. The summed E-state index contributed by atoms with van der Waals surface area (Å²) in [5.74, 6) is -0.0562. The van der Waals surface area contributed by atoms with E-state index in [1.54, 1.807) is 18.5 Å². The Kier molecular flexibility index (Phi) is 2.07. The van der Waals surface area contributed by atoms with Crippen LogP contribution in [0.15, 0.2) is 18.5 Å². The molecular formula is C10H9N3O2. The average Bonchev–Trinajstić information content (AvgIpc) is 2.56. The average molecular weight is 203 g/mol. The van der Waals surface area contributed by atoms with E-state index in [0.717, 1.165) is 0 Å². The van der Waals surface area contributed by atoms with Crippen LogP contribution in [0.5, 0.6) is 0 Å². The van der Waals surface area contributed by atoms with Gasteiger partial charge in [-0.1, -0.05) is 0 Å². The van der Waals surface area contributed by atoms with Crippen LogP contribution in [0.4, 0.5) is 0 Å². The quantitative estimate of drug-likeness (QED) is 0.686. The lowest BCUT2D eigenvalue weighted by Gasteiger charge is -1.96. The SMILES string of the molecule is CC(=O)c1nc2ncccn2c1C(C)=O. The van der Waals surface area contributed by atoms with Crippen molar-refractivity contribution in [3.8, 4) is 0 Å². The Morgan fingerprint density at radius 1 is 1.27 bits per heavy atom. The second-order valence-electron chi connectivity index (χ2n) is 3.21. The lowest BCUT2D eigenvalue weighted by molar-refractivity contribution is 0.0975. The Bertz CT molecular complexity index is 557. The Morgan fingerprint density at radius 2 is 2.00 bits per heavy atom. The molecule has 2 heterocycles. The van der Waals surface area contributed by atoms with Gasteiger partial charge < -0.3 is 0 Å². The molecule has 2 aromatic rings. The number of ketones is 2. The van der Waals surface area contributed by atoms with Crippen molar-refractivity contribution in [2.24, 2.45) is 0 Å². The molecule has 0 saturated carbocycles. The van der Waals surface area contributed by atoms with Crippen LogP contribution in [-0.4, -0.2) is 25.9 Å². The molecule has 76 valence electrons. The maximum atomic E-state index is 11.4. The van der Waals surface area contributed by atoms with Crippen molar-refractivity contribution in [1.82, 2.24) is 14.4 Å². The molecule has 0 atom stereocenters. The van der Waals surface area contributed by atoms with Crippen molar-refractivity contribution in [3.63, 3.8) is 0 Å². The molecule has 0 amide bonds. The molecule has 0 aliphatic heterocycles. The van der Waals surface area contributed by atoms with E-state index >= 15 is 0 Å². The summed E-state index contributed by atoms with van der Waals surface area (Å²) in [5.41, 5.74) is 0.479. The summed E-state index contributed by atoms with van der Waals surface area (Å²) in [6.45, 7) is 2.79. The van der Waals surface area contributed by atoms with Crippen molar-refractivity contribution in [2.75, 3.05) is 0 Å². The van der Waals surface area contributed by atoms with E-state index in [1.807, 2.05) is 0 Å². The minimum atomic E-state index is -0.231. The molecule has 0 aliphatic carbocycles. The summed E-state index contributed by atoms with van der Waals surface area (Å²) in [6, 6.07) is 1.69. The van der Waals surface area contributed by atoms with Crippen LogP contribution < -0.4 is 0 Å². The van der Waals surface area contributed by atoms with Crippen molar-refractivity contribution in [1.29, 1.82) is 0 Å². The monoisotopic (exact) mass is 203 g/mol. The highest BCUT2D eigenvalue weighted by Gasteiger charge is 2.19. The number of aromatic nitrogens is 3. The minimum absolute atomic E-state index is 0.182. The van der Waals surface area contributed by atoms with Crippen LogP contribution in [0, 0.1) is 0 Å². The number of rotatable bonds is 2. The number of nitrogens with zero attached hydrogens (tertiary/aromatic N) is 3. The topological polar surface area (TPSA) is 64.3 Å². The van der Waals surface area contributed by atoms with Crippen LogP contribution >= 0.6 is 0 Å². The van der Waals surface area contributed by atoms with E-state index in [9.17, 15) is 9.59 Å². The molecule has 5 nitrogen and oxygen atoms in total. The van der Waals surface area contributed by atoms with Crippen LogP contribution in [0.1, 0.15) is 34.8 Å². The van der Waals surface area contributed by atoms with Gasteiger partial charge in [0.15, 0.2) is 11.6 Å². The zero-order valence-electron chi connectivity index (χ0n) is 8.39. The van der Waals surface area contributed by atoms with Gasteiger partial charge in [0.25, 0.3) is 0 Å². The van der Waals surface area contributed by atoms with Crippen molar-refractivity contribution < 1.29 is 9.59 Å². The van der Waals surface area contributed by atoms with E-state index in [-0.39, 0.29) is 17.3 Å². The van der Waals surface area contributed by atoms with Crippen LogP contribution in [0.3, 0.4) is 0 Å². The summed E-state index contributed by atoms with van der Waals surface area (Å²) in [5, 5.41) is 0.